The van der Waals surface area contributed by atoms with E-state index in [4.69, 9.17) is 9.84 Å². The maximum absolute atomic E-state index is 12.3. The van der Waals surface area contributed by atoms with E-state index < -0.39 is 12.0 Å². The lowest BCUT2D eigenvalue weighted by molar-refractivity contribution is -0.146. The Morgan fingerprint density at radius 3 is 3.04 bits per heavy atom. The number of amides is 1. The summed E-state index contributed by atoms with van der Waals surface area (Å²) in [5.41, 5.74) is 1.70. The number of benzene rings is 1. The SMILES string of the molecule is Cc1nc(COc2cccc(/C=C/C(=O)N3CCC[C@@H]3C(=O)O)c2)cs1. The second-order valence-electron chi connectivity index (χ2n) is 6.08. The fourth-order valence-electron chi connectivity index (χ4n) is 2.89. The standard InChI is InChI=1S/C19H20N2O4S/c1-13-20-15(12-26-13)11-25-16-5-2-4-14(10-16)7-8-18(22)21-9-3-6-17(21)19(23)24/h2,4-5,7-8,10,12,17H,3,6,9,11H2,1H3,(H,23,24)/b8-7+/t17-/m1/s1. The summed E-state index contributed by atoms with van der Waals surface area (Å²) in [5.74, 6) is -0.536. The minimum atomic E-state index is -0.947. The summed E-state index contributed by atoms with van der Waals surface area (Å²) in [6.07, 6.45) is 4.33. The van der Waals surface area contributed by atoms with E-state index in [9.17, 15) is 9.59 Å². The first kappa shape index (κ1) is 18.1. The number of likely N-dealkylation sites (tertiary alicyclic amines) is 1. The summed E-state index contributed by atoms with van der Waals surface area (Å²) in [6, 6.07) is 6.67. The fourth-order valence-corrected chi connectivity index (χ4v) is 3.49. The van der Waals surface area contributed by atoms with Gasteiger partial charge in [-0.15, -0.1) is 11.3 Å². The Kier molecular flexibility index (Phi) is 5.68. The van der Waals surface area contributed by atoms with E-state index in [-0.39, 0.29) is 5.91 Å². The molecule has 1 aromatic heterocycles. The van der Waals surface area contributed by atoms with Gasteiger partial charge in [-0.3, -0.25) is 4.79 Å². The second-order valence-corrected chi connectivity index (χ2v) is 7.14. The van der Waals surface area contributed by atoms with Crippen molar-refractivity contribution in [2.75, 3.05) is 6.54 Å². The number of aromatic nitrogens is 1. The molecule has 1 amide bonds. The molecule has 1 N–H and O–H groups in total. The molecule has 0 aliphatic carbocycles. The molecule has 0 bridgehead atoms. The van der Waals surface area contributed by atoms with Crippen molar-refractivity contribution < 1.29 is 19.4 Å². The van der Waals surface area contributed by atoms with Crippen LogP contribution in [0, 0.1) is 6.92 Å². The highest BCUT2D eigenvalue weighted by molar-refractivity contribution is 7.09. The molecule has 26 heavy (non-hydrogen) atoms. The molecule has 1 atom stereocenters. The molecule has 2 aromatic rings. The Morgan fingerprint density at radius 2 is 2.31 bits per heavy atom. The Morgan fingerprint density at radius 1 is 1.46 bits per heavy atom. The first-order chi connectivity index (χ1) is 12.5. The summed E-state index contributed by atoms with van der Waals surface area (Å²) < 4.78 is 5.74. The topological polar surface area (TPSA) is 79.7 Å². The predicted octanol–water partition coefficient (Wildman–Crippen LogP) is 3.12. The average molecular weight is 372 g/mol. The van der Waals surface area contributed by atoms with E-state index in [2.05, 4.69) is 4.98 Å². The zero-order valence-electron chi connectivity index (χ0n) is 14.4. The van der Waals surface area contributed by atoms with E-state index in [1.165, 1.54) is 11.0 Å². The van der Waals surface area contributed by atoms with Crippen LogP contribution in [0.5, 0.6) is 5.75 Å². The van der Waals surface area contributed by atoms with Crippen LogP contribution < -0.4 is 4.74 Å². The van der Waals surface area contributed by atoms with E-state index in [0.717, 1.165) is 22.7 Å². The molecule has 0 spiro atoms. The van der Waals surface area contributed by atoms with Crippen LogP contribution in [-0.2, 0) is 16.2 Å². The summed E-state index contributed by atoms with van der Waals surface area (Å²) in [4.78, 5) is 29.2. The molecule has 3 rings (SSSR count). The van der Waals surface area contributed by atoms with Gasteiger partial charge >= 0.3 is 5.97 Å². The Hall–Kier alpha value is -2.67. The first-order valence-corrected chi connectivity index (χ1v) is 9.26. The molecule has 0 radical (unpaired) electrons. The zero-order chi connectivity index (χ0) is 18.5. The Labute approximate surface area is 155 Å². The van der Waals surface area contributed by atoms with Crippen LogP contribution in [0.3, 0.4) is 0 Å². The number of carbonyl (C=O) groups is 2. The van der Waals surface area contributed by atoms with Crippen molar-refractivity contribution in [1.29, 1.82) is 0 Å². The van der Waals surface area contributed by atoms with Crippen molar-refractivity contribution in [3.63, 3.8) is 0 Å². The third-order valence-electron chi connectivity index (χ3n) is 4.15. The van der Waals surface area contributed by atoms with Crippen LogP contribution >= 0.6 is 11.3 Å². The summed E-state index contributed by atoms with van der Waals surface area (Å²) in [5, 5.41) is 12.1. The minimum absolute atomic E-state index is 0.279. The molecule has 1 saturated heterocycles. The molecule has 0 saturated carbocycles. The van der Waals surface area contributed by atoms with Gasteiger partial charge in [0.2, 0.25) is 5.91 Å². The molecule has 1 fully saturated rings. The van der Waals surface area contributed by atoms with Crippen molar-refractivity contribution in [3.05, 3.63) is 52.0 Å². The highest BCUT2D eigenvalue weighted by atomic mass is 32.1. The molecule has 136 valence electrons. The fraction of sp³-hybridized carbons (Fsp3) is 0.316. The number of carboxylic acids is 1. The number of hydrogen-bond donors (Lipinski definition) is 1. The average Bonchev–Trinajstić information content (AvgIpc) is 3.27. The molecular formula is C19H20N2O4S. The molecule has 1 aliphatic heterocycles. The van der Waals surface area contributed by atoms with E-state index in [1.54, 1.807) is 17.4 Å². The number of carbonyl (C=O) groups excluding carboxylic acids is 1. The van der Waals surface area contributed by atoms with Crippen molar-refractivity contribution in [1.82, 2.24) is 9.88 Å². The van der Waals surface area contributed by atoms with Crippen molar-refractivity contribution in [3.8, 4) is 5.75 Å². The molecular weight excluding hydrogens is 352 g/mol. The number of aliphatic carboxylic acids is 1. The number of carboxylic acid groups (broad SMARTS) is 1. The van der Waals surface area contributed by atoms with Gasteiger partial charge in [0.05, 0.1) is 10.7 Å². The second kappa shape index (κ2) is 8.14. The molecule has 6 nitrogen and oxygen atoms in total. The molecule has 0 unspecified atom stereocenters. The van der Waals surface area contributed by atoms with Crippen molar-refractivity contribution in [2.45, 2.75) is 32.4 Å². The summed E-state index contributed by atoms with van der Waals surface area (Å²) >= 11 is 1.58. The van der Waals surface area contributed by atoms with Crippen LogP contribution in [0.15, 0.2) is 35.7 Å². The number of nitrogens with zero attached hydrogens (tertiary/aromatic N) is 2. The van der Waals surface area contributed by atoms with Gasteiger partial charge in [0.15, 0.2) is 0 Å². The maximum Gasteiger partial charge on any atom is 0.326 e. The third-order valence-corrected chi connectivity index (χ3v) is 4.97. The van der Waals surface area contributed by atoms with Gasteiger partial charge < -0.3 is 14.7 Å². The maximum atomic E-state index is 12.3. The smallest absolute Gasteiger partial charge is 0.326 e. The highest BCUT2D eigenvalue weighted by Crippen LogP contribution is 2.20. The van der Waals surface area contributed by atoms with Crippen LogP contribution in [0.4, 0.5) is 0 Å². The van der Waals surface area contributed by atoms with Crippen LogP contribution in [0.1, 0.15) is 29.1 Å². The number of thiazole rings is 1. The van der Waals surface area contributed by atoms with Gasteiger partial charge in [0.25, 0.3) is 0 Å². The number of rotatable bonds is 6. The normalized spacial score (nSPS) is 17.0. The van der Waals surface area contributed by atoms with Gasteiger partial charge in [-0.25, -0.2) is 9.78 Å². The monoisotopic (exact) mass is 372 g/mol. The number of aryl methyl sites for hydroxylation is 1. The molecule has 1 aliphatic rings. The Balaban J connectivity index is 1.61. The van der Waals surface area contributed by atoms with Gasteiger partial charge in [0.1, 0.15) is 18.4 Å². The van der Waals surface area contributed by atoms with Gasteiger partial charge in [-0.05, 0) is 43.5 Å². The van der Waals surface area contributed by atoms with Gasteiger partial charge in [0, 0.05) is 18.0 Å². The van der Waals surface area contributed by atoms with Gasteiger partial charge in [-0.1, -0.05) is 12.1 Å². The lowest BCUT2D eigenvalue weighted by Gasteiger charge is -2.19. The molecule has 7 heteroatoms. The van der Waals surface area contributed by atoms with Crippen molar-refractivity contribution in [2.24, 2.45) is 0 Å². The van der Waals surface area contributed by atoms with Crippen molar-refractivity contribution >= 4 is 29.3 Å². The lowest BCUT2D eigenvalue weighted by Crippen LogP contribution is -2.39. The summed E-state index contributed by atoms with van der Waals surface area (Å²) in [7, 11) is 0. The van der Waals surface area contributed by atoms with E-state index >= 15 is 0 Å². The van der Waals surface area contributed by atoms with Gasteiger partial charge in [-0.2, -0.15) is 0 Å². The van der Waals surface area contributed by atoms with E-state index in [1.807, 2.05) is 36.6 Å². The molecule has 1 aromatic carbocycles. The van der Waals surface area contributed by atoms with Crippen LogP contribution in [-0.4, -0.2) is 39.5 Å². The van der Waals surface area contributed by atoms with E-state index in [0.29, 0.717) is 25.3 Å². The number of hydrogen-bond acceptors (Lipinski definition) is 5. The minimum Gasteiger partial charge on any atom is -0.487 e. The third kappa shape index (κ3) is 4.49. The first-order valence-electron chi connectivity index (χ1n) is 8.38. The Bertz CT molecular complexity index is 830. The predicted molar refractivity (Wildman–Crippen MR) is 99.0 cm³/mol. The highest BCUT2D eigenvalue weighted by Gasteiger charge is 2.32. The quantitative estimate of drug-likeness (QED) is 0.788. The largest absolute Gasteiger partial charge is 0.487 e. The van der Waals surface area contributed by atoms with Crippen LogP contribution in [0.25, 0.3) is 6.08 Å². The molecule has 2 heterocycles. The zero-order valence-corrected chi connectivity index (χ0v) is 15.2. The lowest BCUT2D eigenvalue weighted by atomic mass is 10.2. The van der Waals surface area contributed by atoms with Crippen LogP contribution in [0.2, 0.25) is 0 Å². The summed E-state index contributed by atoms with van der Waals surface area (Å²) in [6.45, 7) is 2.83. The number of ether oxygens (including phenoxy) is 1.